The van der Waals surface area contributed by atoms with Gasteiger partial charge in [-0.1, -0.05) is 48.0 Å². The first-order valence-corrected chi connectivity index (χ1v) is 11.9. The molecule has 0 saturated carbocycles. The first-order valence-electron chi connectivity index (χ1n) is 10.5. The Morgan fingerprint density at radius 3 is 2.24 bits per heavy atom. The normalized spacial score (nSPS) is 11.5. The summed E-state index contributed by atoms with van der Waals surface area (Å²) in [6.07, 6.45) is 0. The van der Waals surface area contributed by atoms with Crippen LogP contribution in [0.15, 0.2) is 95.9 Å². The highest BCUT2D eigenvalue weighted by atomic mass is 32.2. The molecule has 0 unspecified atom stereocenters. The van der Waals surface area contributed by atoms with Crippen LogP contribution in [-0.4, -0.2) is 27.4 Å². The van der Waals surface area contributed by atoms with Gasteiger partial charge in [-0.3, -0.25) is 4.79 Å². The molecule has 7 heteroatoms. The summed E-state index contributed by atoms with van der Waals surface area (Å²) in [5, 5.41) is 1.77. The fourth-order valence-corrected chi connectivity index (χ4v) is 4.59. The average Bonchev–Trinajstić information content (AvgIpc) is 2.82. The van der Waals surface area contributed by atoms with Crippen LogP contribution >= 0.6 is 0 Å². The summed E-state index contributed by atoms with van der Waals surface area (Å²) in [7, 11) is -3.78. The fourth-order valence-electron chi connectivity index (χ4n) is 3.53. The Bertz CT molecular complexity index is 1390. The van der Waals surface area contributed by atoms with Gasteiger partial charge in [0.2, 0.25) is 10.0 Å². The largest absolute Gasteiger partial charge is 0.307 e. The molecule has 0 aliphatic carbocycles. The molecule has 0 bridgehead atoms. The van der Waals surface area contributed by atoms with Crippen molar-refractivity contribution in [2.24, 2.45) is 0 Å². The van der Waals surface area contributed by atoms with Crippen molar-refractivity contribution in [1.29, 1.82) is 0 Å². The number of nitrogens with zero attached hydrogens (tertiary/aromatic N) is 1. The Hall–Kier alpha value is -3.55. The lowest BCUT2D eigenvalue weighted by atomic mass is 10.1. The number of carbonyl (C=O) groups is 1. The second kappa shape index (κ2) is 9.52. The number of sulfonamides is 1. The number of anilines is 1. The molecule has 0 aliphatic rings. The molecular weight excluding hydrogens is 439 g/mol. The van der Waals surface area contributed by atoms with E-state index in [4.69, 9.17) is 0 Å². The van der Waals surface area contributed by atoms with Gasteiger partial charge in [0, 0.05) is 24.3 Å². The van der Waals surface area contributed by atoms with Crippen molar-refractivity contribution in [2.75, 3.05) is 18.0 Å². The van der Waals surface area contributed by atoms with Crippen molar-refractivity contribution in [3.05, 3.63) is 108 Å². The number of hydrogen-bond acceptors (Lipinski definition) is 3. The minimum atomic E-state index is -3.78. The molecule has 4 aromatic carbocycles. The molecule has 0 aliphatic heterocycles. The van der Waals surface area contributed by atoms with Gasteiger partial charge in [0.1, 0.15) is 5.82 Å². The fraction of sp³-hybridized carbons (Fsp3) is 0.115. The number of amides is 1. The van der Waals surface area contributed by atoms with E-state index in [1.807, 2.05) is 43.3 Å². The Kier molecular flexibility index (Phi) is 6.53. The third kappa shape index (κ3) is 5.27. The molecule has 4 rings (SSSR count). The molecule has 0 saturated heterocycles. The highest BCUT2D eigenvalue weighted by molar-refractivity contribution is 7.89. The summed E-state index contributed by atoms with van der Waals surface area (Å²) in [5.74, 6) is -0.718. The predicted octanol–water partition coefficient (Wildman–Crippen LogP) is 4.91. The maximum Gasteiger partial charge on any atom is 0.258 e. The summed E-state index contributed by atoms with van der Waals surface area (Å²) in [6.45, 7) is 1.99. The molecule has 0 atom stereocenters. The van der Waals surface area contributed by atoms with Crippen molar-refractivity contribution in [2.45, 2.75) is 11.8 Å². The topological polar surface area (TPSA) is 66.5 Å². The van der Waals surface area contributed by atoms with Gasteiger partial charge in [0.25, 0.3) is 5.91 Å². The third-order valence-corrected chi connectivity index (χ3v) is 6.80. The van der Waals surface area contributed by atoms with Crippen LogP contribution in [-0.2, 0) is 10.0 Å². The number of benzene rings is 4. The highest BCUT2D eigenvalue weighted by Gasteiger charge is 2.20. The van der Waals surface area contributed by atoms with Crippen LogP contribution < -0.4 is 9.62 Å². The Labute approximate surface area is 192 Å². The summed E-state index contributed by atoms with van der Waals surface area (Å²) in [5.41, 5.74) is 1.96. The minimum Gasteiger partial charge on any atom is -0.307 e. The lowest BCUT2D eigenvalue weighted by molar-refractivity contribution is 0.0987. The molecular formula is C26H23FN2O3S. The van der Waals surface area contributed by atoms with E-state index in [1.54, 1.807) is 30.3 Å². The van der Waals surface area contributed by atoms with Gasteiger partial charge < -0.3 is 4.90 Å². The maximum atomic E-state index is 13.4. The molecule has 4 aromatic rings. The molecule has 1 amide bonds. The zero-order valence-corrected chi connectivity index (χ0v) is 18.8. The Morgan fingerprint density at radius 2 is 1.55 bits per heavy atom. The minimum absolute atomic E-state index is 0.00978. The van der Waals surface area contributed by atoms with Gasteiger partial charge in [-0.2, -0.15) is 0 Å². The molecule has 0 aromatic heterocycles. The summed E-state index contributed by atoms with van der Waals surface area (Å²) < 4.78 is 41.7. The number of fused-ring (bicyclic) bond motifs is 1. The second-order valence-corrected chi connectivity index (χ2v) is 9.47. The zero-order valence-electron chi connectivity index (χ0n) is 18.0. The van der Waals surface area contributed by atoms with E-state index in [-0.39, 0.29) is 23.9 Å². The maximum absolute atomic E-state index is 13.4. The van der Waals surface area contributed by atoms with Crippen LogP contribution in [0.5, 0.6) is 0 Å². The molecule has 5 nitrogen and oxygen atoms in total. The lowest BCUT2D eigenvalue weighted by Crippen LogP contribution is -2.38. The van der Waals surface area contributed by atoms with Crippen LogP contribution in [0, 0.1) is 12.7 Å². The first kappa shape index (κ1) is 22.6. The van der Waals surface area contributed by atoms with E-state index in [0.717, 1.165) is 16.3 Å². The van der Waals surface area contributed by atoms with Crippen molar-refractivity contribution in [3.63, 3.8) is 0 Å². The zero-order chi connectivity index (χ0) is 23.4. The van der Waals surface area contributed by atoms with E-state index in [9.17, 15) is 17.6 Å². The molecule has 0 heterocycles. The van der Waals surface area contributed by atoms with Gasteiger partial charge >= 0.3 is 0 Å². The van der Waals surface area contributed by atoms with Gasteiger partial charge in [0.05, 0.1) is 4.90 Å². The van der Waals surface area contributed by atoms with E-state index in [2.05, 4.69) is 4.72 Å². The summed E-state index contributed by atoms with van der Waals surface area (Å²) in [4.78, 5) is 14.8. The van der Waals surface area contributed by atoms with Gasteiger partial charge in [-0.25, -0.2) is 17.5 Å². The quantitative estimate of drug-likeness (QED) is 0.424. The van der Waals surface area contributed by atoms with Crippen LogP contribution in [0.2, 0.25) is 0 Å². The molecule has 0 radical (unpaired) electrons. The SMILES string of the molecule is Cc1ccc(C(=O)N(CCNS(=O)(=O)c2ccc3ccccc3c2)c2ccc(F)cc2)cc1. The molecule has 168 valence electrons. The molecule has 0 spiro atoms. The number of halogens is 1. The van der Waals surface area contributed by atoms with Gasteiger partial charge in [-0.05, 0) is 66.2 Å². The van der Waals surface area contributed by atoms with Crippen molar-refractivity contribution in [3.8, 4) is 0 Å². The molecule has 0 fully saturated rings. The van der Waals surface area contributed by atoms with Crippen LogP contribution in [0.1, 0.15) is 15.9 Å². The lowest BCUT2D eigenvalue weighted by Gasteiger charge is -2.23. The van der Waals surface area contributed by atoms with E-state index >= 15 is 0 Å². The van der Waals surface area contributed by atoms with Gasteiger partial charge in [0.15, 0.2) is 0 Å². The highest BCUT2D eigenvalue weighted by Crippen LogP contribution is 2.20. The second-order valence-electron chi connectivity index (χ2n) is 7.71. The van der Waals surface area contributed by atoms with Crippen LogP contribution in [0.3, 0.4) is 0 Å². The Balaban J connectivity index is 1.53. The van der Waals surface area contributed by atoms with Crippen LogP contribution in [0.25, 0.3) is 10.8 Å². The third-order valence-electron chi connectivity index (χ3n) is 5.34. The van der Waals surface area contributed by atoms with E-state index in [0.29, 0.717) is 11.3 Å². The molecule has 33 heavy (non-hydrogen) atoms. The number of hydrogen-bond donors (Lipinski definition) is 1. The predicted molar refractivity (Wildman–Crippen MR) is 128 cm³/mol. The Morgan fingerprint density at radius 1 is 0.879 bits per heavy atom. The number of rotatable bonds is 7. The summed E-state index contributed by atoms with van der Waals surface area (Å²) in [6, 6.07) is 25.1. The van der Waals surface area contributed by atoms with E-state index < -0.39 is 15.8 Å². The van der Waals surface area contributed by atoms with Crippen molar-refractivity contribution >= 4 is 32.4 Å². The van der Waals surface area contributed by atoms with Crippen LogP contribution in [0.4, 0.5) is 10.1 Å². The van der Waals surface area contributed by atoms with Crippen molar-refractivity contribution in [1.82, 2.24) is 4.72 Å². The number of nitrogens with one attached hydrogen (secondary N) is 1. The monoisotopic (exact) mass is 462 g/mol. The standard InChI is InChI=1S/C26H23FN2O3S/c1-19-6-8-21(9-7-19)26(30)29(24-13-11-23(27)12-14-24)17-16-28-33(31,32)25-15-10-20-4-2-3-5-22(20)18-25/h2-15,18,28H,16-17H2,1H3. The summed E-state index contributed by atoms with van der Waals surface area (Å²) >= 11 is 0. The smallest absolute Gasteiger partial charge is 0.258 e. The van der Waals surface area contributed by atoms with E-state index in [1.165, 1.54) is 29.2 Å². The number of carbonyl (C=O) groups excluding carboxylic acids is 1. The van der Waals surface area contributed by atoms with Crippen molar-refractivity contribution < 1.29 is 17.6 Å². The average molecular weight is 463 g/mol. The first-order chi connectivity index (χ1) is 15.8. The number of aryl methyl sites for hydroxylation is 1. The molecule has 1 N–H and O–H groups in total. The van der Waals surface area contributed by atoms with Gasteiger partial charge in [-0.15, -0.1) is 0 Å².